The summed E-state index contributed by atoms with van der Waals surface area (Å²) in [5.41, 5.74) is 1.08. The second kappa shape index (κ2) is 6.44. The van der Waals surface area contributed by atoms with Crippen LogP contribution in [-0.4, -0.2) is 11.5 Å². The molecular weight excluding hydrogens is 332 g/mol. The van der Waals surface area contributed by atoms with Gasteiger partial charge in [0.25, 0.3) is 0 Å². The summed E-state index contributed by atoms with van der Waals surface area (Å²) in [4.78, 5) is 4.67. The van der Waals surface area contributed by atoms with Gasteiger partial charge >= 0.3 is 0 Å². The van der Waals surface area contributed by atoms with Crippen molar-refractivity contribution in [2.45, 2.75) is 39.0 Å². The number of benzene rings is 1. The first-order chi connectivity index (χ1) is 9.74. The highest BCUT2D eigenvalue weighted by molar-refractivity contribution is 9.10. The number of anilines is 1. The van der Waals surface area contributed by atoms with Crippen LogP contribution in [0.15, 0.2) is 22.7 Å². The van der Waals surface area contributed by atoms with E-state index in [1.807, 2.05) is 0 Å². The molecular formula is C16H21BrN2S. The minimum Gasteiger partial charge on any atom is -0.361 e. The number of hydrogen-bond acceptors (Lipinski definition) is 3. The maximum Gasteiger partial charge on any atom is 0.183 e. The third kappa shape index (κ3) is 3.34. The molecule has 3 rings (SSSR count). The lowest BCUT2D eigenvalue weighted by molar-refractivity contribution is 0.278. The Labute approximate surface area is 133 Å². The van der Waals surface area contributed by atoms with E-state index in [1.54, 1.807) is 11.3 Å². The van der Waals surface area contributed by atoms with Gasteiger partial charge in [-0.3, -0.25) is 0 Å². The molecule has 1 N–H and O–H groups in total. The fourth-order valence-corrected chi connectivity index (χ4v) is 4.25. The first-order valence-electron chi connectivity index (χ1n) is 7.54. The van der Waals surface area contributed by atoms with Crippen LogP contribution in [0.4, 0.5) is 5.13 Å². The van der Waals surface area contributed by atoms with Gasteiger partial charge in [0.2, 0.25) is 0 Å². The van der Waals surface area contributed by atoms with E-state index < -0.39 is 0 Å². The third-order valence-corrected chi connectivity index (χ3v) is 5.92. The van der Waals surface area contributed by atoms with E-state index in [0.717, 1.165) is 33.5 Å². The molecule has 1 aliphatic rings. The van der Waals surface area contributed by atoms with Gasteiger partial charge in [-0.05, 0) is 42.9 Å². The van der Waals surface area contributed by atoms with E-state index in [0.29, 0.717) is 0 Å². The van der Waals surface area contributed by atoms with Crippen molar-refractivity contribution in [2.24, 2.45) is 11.8 Å². The first kappa shape index (κ1) is 14.3. The smallest absolute Gasteiger partial charge is 0.183 e. The minimum absolute atomic E-state index is 0.830. The fraction of sp³-hybridized carbons (Fsp3) is 0.562. The van der Waals surface area contributed by atoms with Crippen molar-refractivity contribution < 1.29 is 0 Å². The Bertz CT molecular complexity index is 573. The molecule has 1 aliphatic carbocycles. The number of nitrogens with zero attached hydrogens (tertiary/aromatic N) is 1. The van der Waals surface area contributed by atoms with Crippen molar-refractivity contribution in [3.63, 3.8) is 0 Å². The van der Waals surface area contributed by atoms with Crippen molar-refractivity contribution in [3.05, 3.63) is 22.7 Å². The van der Waals surface area contributed by atoms with Crippen LogP contribution in [0.2, 0.25) is 0 Å². The topological polar surface area (TPSA) is 24.9 Å². The van der Waals surface area contributed by atoms with Gasteiger partial charge in [-0.25, -0.2) is 4.98 Å². The molecule has 2 nitrogen and oxygen atoms in total. The average Bonchev–Trinajstić information content (AvgIpc) is 2.87. The average molecular weight is 353 g/mol. The van der Waals surface area contributed by atoms with Gasteiger partial charge < -0.3 is 5.32 Å². The van der Waals surface area contributed by atoms with Crippen LogP contribution in [0.3, 0.4) is 0 Å². The summed E-state index contributed by atoms with van der Waals surface area (Å²) in [5.74, 6) is 1.81. The van der Waals surface area contributed by atoms with Gasteiger partial charge in [0.15, 0.2) is 5.13 Å². The molecule has 0 radical (unpaired) electrons. The quantitative estimate of drug-likeness (QED) is 0.764. The Morgan fingerprint density at radius 2 is 2.00 bits per heavy atom. The Morgan fingerprint density at radius 3 is 2.75 bits per heavy atom. The zero-order chi connectivity index (χ0) is 13.9. The molecule has 0 spiro atoms. The highest BCUT2D eigenvalue weighted by Crippen LogP contribution is 2.32. The maximum absolute atomic E-state index is 4.67. The molecule has 1 aromatic heterocycles. The molecule has 0 saturated heterocycles. The van der Waals surface area contributed by atoms with E-state index in [9.17, 15) is 0 Å². The minimum atomic E-state index is 0.830. The van der Waals surface area contributed by atoms with Gasteiger partial charge in [0.1, 0.15) is 0 Å². The Balaban J connectivity index is 1.57. The number of fused-ring (bicyclic) bond motifs is 1. The monoisotopic (exact) mass is 352 g/mol. The molecule has 1 heterocycles. The predicted molar refractivity (Wildman–Crippen MR) is 91.5 cm³/mol. The predicted octanol–water partition coefficient (Wildman–Crippen LogP) is 5.69. The van der Waals surface area contributed by atoms with E-state index in [-0.39, 0.29) is 0 Å². The van der Waals surface area contributed by atoms with Crippen molar-refractivity contribution in [1.82, 2.24) is 4.98 Å². The van der Waals surface area contributed by atoms with Crippen LogP contribution in [0.1, 0.15) is 39.0 Å². The highest BCUT2D eigenvalue weighted by Gasteiger charge is 2.19. The van der Waals surface area contributed by atoms with Crippen LogP contribution in [-0.2, 0) is 0 Å². The zero-order valence-corrected chi connectivity index (χ0v) is 14.3. The number of thiazole rings is 1. The molecule has 0 unspecified atom stereocenters. The summed E-state index contributed by atoms with van der Waals surface area (Å²) in [5, 5.41) is 4.61. The maximum atomic E-state index is 4.67. The number of rotatable bonds is 4. The summed E-state index contributed by atoms with van der Waals surface area (Å²) in [7, 11) is 0. The molecule has 2 aromatic rings. The normalized spacial score (nSPS) is 23.1. The molecule has 1 aromatic carbocycles. The Morgan fingerprint density at radius 1 is 1.25 bits per heavy atom. The van der Waals surface area contributed by atoms with Crippen molar-refractivity contribution in [1.29, 1.82) is 0 Å². The van der Waals surface area contributed by atoms with Crippen molar-refractivity contribution in [3.8, 4) is 0 Å². The van der Waals surface area contributed by atoms with E-state index in [4.69, 9.17) is 0 Å². The molecule has 0 bridgehead atoms. The molecule has 1 fully saturated rings. The largest absolute Gasteiger partial charge is 0.361 e. The molecule has 0 aliphatic heterocycles. The molecule has 108 valence electrons. The molecule has 4 heteroatoms. The molecule has 0 amide bonds. The SMILES string of the molecule is CCC1CCC(CNc2nc3cc(Br)ccc3s2)CC1. The summed E-state index contributed by atoms with van der Waals surface area (Å²) < 4.78 is 2.35. The van der Waals surface area contributed by atoms with Gasteiger partial charge in [0.05, 0.1) is 10.2 Å². The number of hydrogen-bond donors (Lipinski definition) is 1. The number of nitrogens with one attached hydrogen (secondary N) is 1. The van der Waals surface area contributed by atoms with Crippen molar-refractivity contribution in [2.75, 3.05) is 11.9 Å². The summed E-state index contributed by atoms with van der Waals surface area (Å²) >= 11 is 5.26. The van der Waals surface area contributed by atoms with Gasteiger partial charge in [0, 0.05) is 11.0 Å². The van der Waals surface area contributed by atoms with Gasteiger partial charge in [-0.15, -0.1) is 0 Å². The highest BCUT2D eigenvalue weighted by atomic mass is 79.9. The van der Waals surface area contributed by atoms with E-state index >= 15 is 0 Å². The molecule has 1 saturated carbocycles. The lowest BCUT2D eigenvalue weighted by atomic mass is 9.81. The van der Waals surface area contributed by atoms with Crippen LogP contribution in [0, 0.1) is 11.8 Å². The van der Waals surface area contributed by atoms with E-state index in [2.05, 4.69) is 51.4 Å². The zero-order valence-electron chi connectivity index (χ0n) is 11.9. The third-order valence-electron chi connectivity index (χ3n) is 4.44. The lowest BCUT2D eigenvalue weighted by Gasteiger charge is -2.27. The standard InChI is InChI=1S/C16H21BrN2S/c1-2-11-3-5-12(6-4-11)10-18-16-19-14-9-13(17)7-8-15(14)20-16/h7-9,11-12H,2-6,10H2,1H3,(H,18,19). The fourth-order valence-electron chi connectivity index (χ4n) is 3.05. The number of halogens is 1. The van der Waals surface area contributed by atoms with Crippen LogP contribution in [0.5, 0.6) is 0 Å². The van der Waals surface area contributed by atoms with E-state index in [1.165, 1.54) is 36.8 Å². The number of aromatic nitrogens is 1. The second-order valence-corrected chi connectivity index (χ2v) is 7.75. The van der Waals surface area contributed by atoms with Crippen LogP contribution < -0.4 is 5.32 Å². The molecule has 20 heavy (non-hydrogen) atoms. The Kier molecular flexibility index (Phi) is 4.61. The summed E-state index contributed by atoms with van der Waals surface area (Å²) in [6.07, 6.45) is 6.93. The second-order valence-electron chi connectivity index (χ2n) is 5.81. The first-order valence-corrected chi connectivity index (χ1v) is 9.15. The Hall–Kier alpha value is -0.610. The summed E-state index contributed by atoms with van der Waals surface area (Å²) in [6, 6.07) is 6.30. The lowest BCUT2D eigenvalue weighted by Crippen LogP contribution is -2.20. The van der Waals surface area contributed by atoms with Crippen LogP contribution in [0.25, 0.3) is 10.2 Å². The van der Waals surface area contributed by atoms with Crippen LogP contribution >= 0.6 is 27.3 Å². The van der Waals surface area contributed by atoms with Gasteiger partial charge in [-0.2, -0.15) is 0 Å². The summed E-state index contributed by atoms with van der Waals surface area (Å²) in [6.45, 7) is 3.40. The van der Waals surface area contributed by atoms with Crippen molar-refractivity contribution >= 4 is 42.6 Å². The van der Waals surface area contributed by atoms with Gasteiger partial charge in [-0.1, -0.05) is 53.5 Å². The molecule has 0 atom stereocenters.